The Morgan fingerprint density at radius 1 is 0.673 bits per heavy atom. The number of nitrogens with one attached hydrogen (secondary N) is 2. The summed E-state index contributed by atoms with van der Waals surface area (Å²) in [6.45, 7) is 15.1. The van der Waals surface area contributed by atoms with Crippen LogP contribution < -0.4 is 10.5 Å². The molecule has 49 heavy (non-hydrogen) atoms. The van der Waals surface area contributed by atoms with Gasteiger partial charge in [0.1, 0.15) is 24.8 Å². The predicted molar refractivity (Wildman–Crippen MR) is 190 cm³/mol. The molecule has 2 aliphatic rings. The Balaban J connectivity index is 1.60. The SMILES string of the molecule is CC(C)(C)C(=O)OC[C@H]1O[C@@H](B2Nc3cccc4cccc(c34)N2)[C@H](OCc2ccccc2)[C@@H](OC(=O)C(C)(C)C)[C@H]1OC(=O)C(C)(C)C. The van der Waals surface area contributed by atoms with Crippen molar-refractivity contribution in [2.45, 2.75) is 99.3 Å². The van der Waals surface area contributed by atoms with Crippen LogP contribution in [0.25, 0.3) is 10.8 Å². The van der Waals surface area contributed by atoms with Crippen molar-refractivity contribution in [3.8, 4) is 0 Å². The first-order chi connectivity index (χ1) is 22.9. The molecule has 0 unspecified atom stereocenters. The molecule has 1 saturated heterocycles. The highest BCUT2D eigenvalue weighted by molar-refractivity contribution is 6.69. The van der Waals surface area contributed by atoms with Crippen LogP contribution in [0.3, 0.4) is 0 Å². The molecular formula is C38H49BN2O8. The van der Waals surface area contributed by atoms with Gasteiger partial charge in [0, 0.05) is 16.8 Å². The summed E-state index contributed by atoms with van der Waals surface area (Å²) in [5, 5.41) is 9.25. The third kappa shape index (κ3) is 8.39. The van der Waals surface area contributed by atoms with Gasteiger partial charge in [-0.2, -0.15) is 0 Å². The molecule has 11 heteroatoms. The molecule has 0 aliphatic carbocycles. The number of carbonyl (C=O) groups excluding carboxylic acids is 3. The highest BCUT2D eigenvalue weighted by Gasteiger charge is 2.56. The van der Waals surface area contributed by atoms with E-state index < -0.39 is 71.6 Å². The number of esters is 3. The van der Waals surface area contributed by atoms with E-state index in [0.29, 0.717) is 0 Å². The van der Waals surface area contributed by atoms with Gasteiger partial charge in [-0.1, -0.05) is 54.6 Å². The molecule has 0 saturated carbocycles. The number of ether oxygens (including phenoxy) is 5. The average Bonchev–Trinajstić information content (AvgIpc) is 3.03. The van der Waals surface area contributed by atoms with Crippen LogP contribution in [0.2, 0.25) is 0 Å². The van der Waals surface area contributed by atoms with E-state index in [1.807, 2.05) is 66.7 Å². The van der Waals surface area contributed by atoms with E-state index in [9.17, 15) is 14.4 Å². The van der Waals surface area contributed by atoms with E-state index in [-0.39, 0.29) is 13.2 Å². The predicted octanol–water partition coefficient (Wildman–Crippen LogP) is 6.56. The van der Waals surface area contributed by atoms with Gasteiger partial charge in [0.15, 0.2) is 12.2 Å². The second-order valence-corrected chi connectivity index (χ2v) is 16.0. The molecule has 1 fully saturated rings. The molecule has 10 nitrogen and oxygen atoms in total. The van der Waals surface area contributed by atoms with Crippen LogP contribution in [0.15, 0.2) is 66.7 Å². The Bertz CT molecular complexity index is 1620. The first-order valence-electron chi connectivity index (χ1n) is 16.9. The van der Waals surface area contributed by atoms with Crippen molar-refractivity contribution in [2.24, 2.45) is 16.2 Å². The highest BCUT2D eigenvalue weighted by Crippen LogP contribution is 2.39. The first-order valence-corrected chi connectivity index (χ1v) is 16.9. The van der Waals surface area contributed by atoms with Crippen molar-refractivity contribution in [1.82, 2.24) is 0 Å². The molecular weight excluding hydrogens is 623 g/mol. The van der Waals surface area contributed by atoms with E-state index in [0.717, 1.165) is 27.7 Å². The molecule has 2 aliphatic heterocycles. The van der Waals surface area contributed by atoms with Gasteiger partial charge in [-0.15, -0.1) is 0 Å². The molecule has 2 N–H and O–H groups in total. The van der Waals surface area contributed by atoms with Crippen LogP contribution in [0.4, 0.5) is 11.4 Å². The van der Waals surface area contributed by atoms with Crippen LogP contribution in [-0.4, -0.2) is 61.9 Å². The second-order valence-electron chi connectivity index (χ2n) is 16.0. The molecule has 0 aromatic heterocycles. The molecule has 5 rings (SSSR count). The molecule has 5 atom stereocenters. The zero-order valence-electron chi connectivity index (χ0n) is 30.0. The summed E-state index contributed by atoms with van der Waals surface area (Å²) < 4.78 is 31.8. The van der Waals surface area contributed by atoms with Crippen molar-refractivity contribution >= 4 is 47.0 Å². The Kier molecular flexibility index (Phi) is 10.4. The Morgan fingerprint density at radius 3 is 1.73 bits per heavy atom. The van der Waals surface area contributed by atoms with Crippen LogP contribution >= 0.6 is 0 Å². The summed E-state index contributed by atoms with van der Waals surface area (Å²) in [5.74, 6) is -1.48. The van der Waals surface area contributed by atoms with Gasteiger partial charge < -0.3 is 34.1 Å². The molecule has 0 spiro atoms. The zero-order chi connectivity index (χ0) is 35.7. The number of benzene rings is 3. The summed E-state index contributed by atoms with van der Waals surface area (Å²) in [6.07, 6.45) is -4.24. The Morgan fingerprint density at radius 2 is 1.20 bits per heavy atom. The fraction of sp³-hybridized carbons (Fsp3) is 0.500. The Labute approximate surface area is 289 Å². The quantitative estimate of drug-likeness (QED) is 0.155. The van der Waals surface area contributed by atoms with Crippen molar-refractivity contribution in [1.29, 1.82) is 0 Å². The lowest BCUT2D eigenvalue weighted by Gasteiger charge is -2.48. The van der Waals surface area contributed by atoms with Gasteiger partial charge in [0.25, 0.3) is 0 Å². The van der Waals surface area contributed by atoms with Gasteiger partial charge in [-0.05, 0) is 85.4 Å². The number of carbonyl (C=O) groups is 3. The van der Waals surface area contributed by atoms with Crippen molar-refractivity contribution < 1.29 is 38.1 Å². The lowest BCUT2D eigenvalue weighted by molar-refractivity contribution is -0.250. The molecule has 0 radical (unpaired) electrons. The van der Waals surface area contributed by atoms with Gasteiger partial charge in [-0.3, -0.25) is 14.4 Å². The molecule has 3 aromatic carbocycles. The van der Waals surface area contributed by atoms with E-state index in [1.165, 1.54) is 0 Å². The summed E-state index contributed by atoms with van der Waals surface area (Å²) in [5.41, 5.74) is 0.105. The standard InChI is InChI=1S/C38H49BN2O8/c1-36(2,3)33(42)46-22-27-29(48-34(43)37(4,5)6)30(49-35(44)38(7,8)9)31(45-21-23-15-11-10-12-16-23)32(47-27)39-40-25-19-13-17-24-18-14-20-26(41-39)28(24)25/h10-20,27,29-32,40-41H,21-22H2,1-9H3/t27-,29+,30+,31-,32-/m1/s1. The maximum absolute atomic E-state index is 13.7. The second kappa shape index (κ2) is 14.0. The lowest BCUT2D eigenvalue weighted by atomic mass is 9.62. The first kappa shape index (κ1) is 36.2. The molecule has 262 valence electrons. The van der Waals surface area contributed by atoms with Crippen LogP contribution in [0.1, 0.15) is 67.9 Å². The summed E-state index contributed by atoms with van der Waals surface area (Å²) in [7, 11) is 0. The summed E-state index contributed by atoms with van der Waals surface area (Å²) in [4.78, 5) is 40.2. The molecule has 0 amide bonds. The third-order valence-electron chi connectivity index (χ3n) is 8.51. The highest BCUT2D eigenvalue weighted by atomic mass is 16.6. The van der Waals surface area contributed by atoms with Gasteiger partial charge in [0.2, 0.25) is 0 Å². The maximum Gasteiger partial charge on any atom is 0.403 e. The monoisotopic (exact) mass is 672 g/mol. The van der Waals surface area contributed by atoms with E-state index in [1.54, 1.807) is 62.3 Å². The van der Waals surface area contributed by atoms with E-state index in [2.05, 4.69) is 10.5 Å². The minimum atomic E-state index is -1.16. The molecule has 3 aromatic rings. The fourth-order valence-electron chi connectivity index (χ4n) is 5.67. The summed E-state index contributed by atoms with van der Waals surface area (Å²) >= 11 is 0. The van der Waals surface area contributed by atoms with Gasteiger partial charge >= 0.3 is 24.9 Å². The van der Waals surface area contributed by atoms with Gasteiger partial charge in [-0.25, -0.2) is 0 Å². The van der Waals surface area contributed by atoms with Gasteiger partial charge in [0.05, 0.1) is 22.9 Å². The Hall–Kier alpha value is -4.09. The number of hydrogen-bond donors (Lipinski definition) is 2. The fourth-order valence-corrected chi connectivity index (χ4v) is 5.67. The smallest absolute Gasteiger partial charge is 0.403 e. The largest absolute Gasteiger partial charge is 0.462 e. The zero-order valence-corrected chi connectivity index (χ0v) is 30.0. The average molecular weight is 673 g/mol. The minimum absolute atomic E-state index is 0.164. The van der Waals surface area contributed by atoms with Crippen LogP contribution in [0, 0.1) is 16.2 Å². The third-order valence-corrected chi connectivity index (χ3v) is 8.51. The van der Waals surface area contributed by atoms with Crippen LogP contribution in [-0.2, 0) is 44.7 Å². The maximum atomic E-state index is 13.7. The number of rotatable bonds is 8. The normalized spacial score (nSPS) is 22.5. The van der Waals surface area contributed by atoms with E-state index >= 15 is 0 Å². The molecule has 2 heterocycles. The van der Waals surface area contributed by atoms with Crippen molar-refractivity contribution in [2.75, 3.05) is 17.1 Å². The lowest BCUT2D eigenvalue weighted by Crippen LogP contribution is -2.68. The van der Waals surface area contributed by atoms with E-state index in [4.69, 9.17) is 23.7 Å². The van der Waals surface area contributed by atoms with Crippen molar-refractivity contribution in [3.63, 3.8) is 0 Å². The summed E-state index contributed by atoms with van der Waals surface area (Å²) in [6, 6.07) is 20.8. The topological polar surface area (TPSA) is 121 Å². The number of anilines is 2. The number of hydrogen-bond acceptors (Lipinski definition) is 10. The van der Waals surface area contributed by atoms with Crippen LogP contribution in [0.5, 0.6) is 0 Å². The minimum Gasteiger partial charge on any atom is -0.462 e. The molecule has 0 bridgehead atoms. The van der Waals surface area contributed by atoms with Crippen molar-refractivity contribution in [3.05, 3.63) is 72.3 Å².